The Morgan fingerprint density at radius 2 is 1.75 bits per heavy atom. The van der Waals surface area contributed by atoms with Gasteiger partial charge >= 0.3 is 12.1 Å². The summed E-state index contributed by atoms with van der Waals surface area (Å²) in [6.07, 6.45) is -0.605. The number of hydrogen-bond donors (Lipinski definition) is 1. The molecule has 0 saturated heterocycles. The van der Waals surface area contributed by atoms with E-state index in [1.807, 2.05) is 19.1 Å². The Hall–Kier alpha value is -2.05. The van der Waals surface area contributed by atoms with Gasteiger partial charge in [-0.15, -0.1) is 11.3 Å². The second-order valence-corrected chi connectivity index (χ2v) is 6.29. The highest BCUT2D eigenvalue weighted by Gasteiger charge is 2.24. The second-order valence-electron chi connectivity index (χ2n) is 4.83. The first-order chi connectivity index (χ1) is 11.5. The van der Waals surface area contributed by atoms with Crippen LogP contribution in [-0.4, -0.2) is 25.3 Å². The van der Waals surface area contributed by atoms with Crippen LogP contribution in [0.2, 0.25) is 5.02 Å². The van der Waals surface area contributed by atoms with Crippen LogP contribution in [0.4, 0.5) is 9.80 Å². The number of amides is 1. The number of halogens is 1. The molecular weight excluding hydrogens is 350 g/mol. The lowest BCUT2D eigenvalue weighted by atomic mass is 10.1. The zero-order valence-electron chi connectivity index (χ0n) is 13.6. The van der Waals surface area contributed by atoms with E-state index in [4.69, 9.17) is 21.1 Å². The Labute approximate surface area is 149 Å². The fraction of sp³-hybridized carbons (Fsp3) is 0.294. The van der Waals surface area contributed by atoms with Crippen molar-refractivity contribution in [1.29, 1.82) is 0 Å². The van der Waals surface area contributed by atoms with Gasteiger partial charge in [0.2, 0.25) is 0 Å². The molecule has 0 atom stereocenters. The number of nitrogens with one attached hydrogen (secondary N) is 1. The summed E-state index contributed by atoms with van der Waals surface area (Å²) in [5.74, 6) is -0.474. The molecule has 0 aliphatic carbocycles. The summed E-state index contributed by atoms with van der Waals surface area (Å²) in [6, 6.07) is 7.28. The normalized spacial score (nSPS) is 10.3. The first kappa shape index (κ1) is 18.3. The number of anilines is 1. The summed E-state index contributed by atoms with van der Waals surface area (Å²) >= 11 is 7.22. The molecule has 7 heteroatoms. The zero-order chi connectivity index (χ0) is 17.7. The molecule has 1 N–H and O–H groups in total. The number of esters is 1. The summed E-state index contributed by atoms with van der Waals surface area (Å²) in [6.45, 7) is 5.77. The highest BCUT2D eigenvalue weighted by atomic mass is 35.5. The fourth-order valence-corrected chi connectivity index (χ4v) is 3.50. The molecule has 5 nitrogen and oxygen atoms in total. The van der Waals surface area contributed by atoms with Gasteiger partial charge in [-0.2, -0.15) is 0 Å². The molecule has 1 aromatic heterocycles. The maximum atomic E-state index is 12.3. The molecule has 0 aliphatic heterocycles. The molecule has 128 valence electrons. The monoisotopic (exact) mass is 367 g/mol. The Morgan fingerprint density at radius 3 is 2.33 bits per heavy atom. The van der Waals surface area contributed by atoms with Crippen molar-refractivity contribution in [2.45, 2.75) is 20.8 Å². The number of benzene rings is 1. The third-order valence-electron chi connectivity index (χ3n) is 3.22. The lowest BCUT2D eigenvalue weighted by Gasteiger charge is -2.06. The van der Waals surface area contributed by atoms with Crippen molar-refractivity contribution in [2.75, 3.05) is 18.5 Å². The molecular formula is C17H18ClNO4S. The molecule has 1 heterocycles. The molecule has 0 aliphatic rings. The van der Waals surface area contributed by atoms with Crippen LogP contribution in [0, 0.1) is 6.92 Å². The van der Waals surface area contributed by atoms with E-state index >= 15 is 0 Å². The van der Waals surface area contributed by atoms with Gasteiger partial charge in [0.15, 0.2) is 0 Å². The van der Waals surface area contributed by atoms with E-state index in [0.29, 0.717) is 15.6 Å². The van der Waals surface area contributed by atoms with Crippen LogP contribution in [0.5, 0.6) is 0 Å². The summed E-state index contributed by atoms with van der Waals surface area (Å²) in [7, 11) is 0. The van der Waals surface area contributed by atoms with Crippen molar-refractivity contribution in [1.82, 2.24) is 0 Å². The average molecular weight is 368 g/mol. The Kier molecular flexibility index (Phi) is 6.23. The molecule has 1 aromatic carbocycles. The minimum atomic E-state index is -0.605. The van der Waals surface area contributed by atoms with Gasteiger partial charge in [-0.25, -0.2) is 9.59 Å². The minimum Gasteiger partial charge on any atom is -0.462 e. The van der Waals surface area contributed by atoms with Crippen molar-refractivity contribution in [3.63, 3.8) is 0 Å². The Morgan fingerprint density at radius 1 is 1.12 bits per heavy atom. The summed E-state index contributed by atoms with van der Waals surface area (Å²) in [4.78, 5) is 24.9. The van der Waals surface area contributed by atoms with Gasteiger partial charge in [0.1, 0.15) is 5.00 Å². The van der Waals surface area contributed by atoms with Gasteiger partial charge in [-0.3, -0.25) is 5.32 Å². The number of carbonyl (C=O) groups is 2. The summed E-state index contributed by atoms with van der Waals surface area (Å²) < 4.78 is 10.0. The van der Waals surface area contributed by atoms with E-state index < -0.39 is 12.1 Å². The lowest BCUT2D eigenvalue weighted by molar-refractivity contribution is 0.0527. The SMILES string of the molecule is CCOC(=O)Nc1sc(-c2ccc(Cl)cc2)c(C)c1C(=O)OCC. The average Bonchev–Trinajstić information content (AvgIpc) is 2.85. The molecule has 24 heavy (non-hydrogen) atoms. The van der Waals surface area contributed by atoms with E-state index in [-0.39, 0.29) is 13.2 Å². The van der Waals surface area contributed by atoms with Crippen LogP contribution < -0.4 is 5.32 Å². The van der Waals surface area contributed by atoms with Crippen molar-refractivity contribution in [2.24, 2.45) is 0 Å². The Balaban J connectivity index is 2.47. The molecule has 2 aromatic rings. The van der Waals surface area contributed by atoms with Gasteiger partial charge in [-0.1, -0.05) is 23.7 Å². The van der Waals surface area contributed by atoms with Gasteiger partial charge in [0.25, 0.3) is 0 Å². The van der Waals surface area contributed by atoms with E-state index in [1.54, 1.807) is 26.0 Å². The first-order valence-corrected chi connectivity index (χ1v) is 8.67. The maximum Gasteiger partial charge on any atom is 0.412 e. The van der Waals surface area contributed by atoms with Crippen LogP contribution in [0.25, 0.3) is 10.4 Å². The van der Waals surface area contributed by atoms with Crippen LogP contribution in [0.15, 0.2) is 24.3 Å². The van der Waals surface area contributed by atoms with E-state index in [0.717, 1.165) is 16.0 Å². The summed E-state index contributed by atoms with van der Waals surface area (Å²) in [5.41, 5.74) is 2.00. The van der Waals surface area contributed by atoms with Crippen LogP contribution in [-0.2, 0) is 9.47 Å². The molecule has 0 fully saturated rings. The first-order valence-electron chi connectivity index (χ1n) is 7.48. The standard InChI is InChI=1S/C17H18ClNO4S/c1-4-22-16(20)13-10(3)14(11-6-8-12(18)9-7-11)24-15(13)19-17(21)23-5-2/h6-9H,4-5H2,1-3H3,(H,19,21). The maximum absolute atomic E-state index is 12.3. The predicted octanol–water partition coefficient (Wildman–Crippen LogP) is 5.12. The number of thiophene rings is 1. The van der Waals surface area contributed by atoms with E-state index in [2.05, 4.69) is 5.32 Å². The Bertz CT molecular complexity index is 740. The van der Waals surface area contributed by atoms with Gasteiger partial charge in [-0.05, 0) is 44.0 Å². The number of rotatable bonds is 5. The van der Waals surface area contributed by atoms with Gasteiger partial charge in [0, 0.05) is 9.90 Å². The molecule has 0 spiro atoms. The van der Waals surface area contributed by atoms with E-state index in [9.17, 15) is 9.59 Å². The number of ether oxygens (including phenoxy) is 2. The second kappa shape index (κ2) is 8.17. The van der Waals surface area contributed by atoms with Crippen molar-refractivity contribution < 1.29 is 19.1 Å². The zero-order valence-corrected chi connectivity index (χ0v) is 15.2. The highest BCUT2D eigenvalue weighted by molar-refractivity contribution is 7.20. The smallest absolute Gasteiger partial charge is 0.412 e. The third-order valence-corrected chi connectivity index (χ3v) is 4.73. The van der Waals surface area contributed by atoms with Crippen LogP contribution in [0.3, 0.4) is 0 Å². The number of hydrogen-bond acceptors (Lipinski definition) is 5. The molecule has 1 amide bonds. The van der Waals surface area contributed by atoms with Gasteiger partial charge < -0.3 is 9.47 Å². The minimum absolute atomic E-state index is 0.245. The topological polar surface area (TPSA) is 64.6 Å². The van der Waals surface area contributed by atoms with Crippen LogP contribution in [0.1, 0.15) is 29.8 Å². The number of carbonyl (C=O) groups excluding carboxylic acids is 2. The fourth-order valence-electron chi connectivity index (χ4n) is 2.19. The van der Waals surface area contributed by atoms with Crippen LogP contribution >= 0.6 is 22.9 Å². The largest absolute Gasteiger partial charge is 0.462 e. The van der Waals surface area contributed by atoms with Crippen molar-refractivity contribution >= 4 is 40.0 Å². The predicted molar refractivity (Wildman–Crippen MR) is 96.1 cm³/mol. The van der Waals surface area contributed by atoms with E-state index in [1.165, 1.54) is 11.3 Å². The molecule has 0 radical (unpaired) electrons. The quantitative estimate of drug-likeness (QED) is 0.744. The molecule has 0 unspecified atom stereocenters. The molecule has 2 rings (SSSR count). The highest BCUT2D eigenvalue weighted by Crippen LogP contribution is 2.40. The van der Waals surface area contributed by atoms with Gasteiger partial charge in [0.05, 0.1) is 18.8 Å². The summed E-state index contributed by atoms with van der Waals surface area (Å²) in [5, 5.41) is 3.66. The van der Waals surface area contributed by atoms with Crippen molar-refractivity contribution in [3.8, 4) is 10.4 Å². The molecule has 0 bridgehead atoms. The van der Waals surface area contributed by atoms with Crippen molar-refractivity contribution in [3.05, 3.63) is 40.4 Å². The lowest BCUT2D eigenvalue weighted by Crippen LogP contribution is -2.15. The molecule has 0 saturated carbocycles. The third kappa shape index (κ3) is 4.07.